The maximum absolute atomic E-state index is 11.4. The molecule has 0 aromatic heterocycles. The molecular weight excluding hydrogens is 180 g/mol. The zero-order valence-electron chi connectivity index (χ0n) is 8.10. The molecule has 0 aliphatic heterocycles. The molecule has 78 valence electrons. The number of aliphatic hydroxyl groups is 2. The molecule has 0 aromatic carbocycles. The highest BCUT2D eigenvalue weighted by Crippen LogP contribution is 2.55. The highest BCUT2D eigenvalue weighted by atomic mass is 16.3. The largest absolute Gasteiger partial charge is 0.390 e. The number of carbonyl (C=O) groups is 1. The summed E-state index contributed by atoms with van der Waals surface area (Å²) in [6.07, 6.45) is 2.13. The van der Waals surface area contributed by atoms with Crippen LogP contribution in [0.3, 0.4) is 0 Å². The van der Waals surface area contributed by atoms with E-state index in [0.29, 0.717) is 18.3 Å². The van der Waals surface area contributed by atoms with Crippen LogP contribution in [-0.2, 0) is 4.79 Å². The van der Waals surface area contributed by atoms with Gasteiger partial charge in [0.05, 0.1) is 6.10 Å². The number of carbonyl (C=O) groups excluding carboxylic acids is 1. The maximum atomic E-state index is 11.4. The van der Waals surface area contributed by atoms with Crippen molar-refractivity contribution in [1.82, 2.24) is 0 Å². The van der Waals surface area contributed by atoms with Gasteiger partial charge in [-0.15, -0.1) is 0 Å². The Bertz CT molecular complexity index is 270. The molecule has 4 saturated carbocycles. The monoisotopic (exact) mass is 196 g/mol. The summed E-state index contributed by atoms with van der Waals surface area (Å²) < 4.78 is 0. The molecule has 0 saturated heterocycles. The third-order valence-electron chi connectivity index (χ3n) is 4.56. The first-order valence-corrected chi connectivity index (χ1v) is 5.55. The van der Waals surface area contributed by atoms with Crippen molar-refractivity contribution in [3.63, 3.8) is 0 Å². The standard InChI is InChI=1S/C11H16O3/c12-9-4-7-6-1-5(2-6)3-8(7)10(13)11(9)14/h5-8,10-11,13-14H,1-4H2. The first-order valence-electron chi connectivity index (χ1n) is 5.55. The van der Waals surface area contributed by atoms with Crippen LogP contribution in [-0.4, -0.2) is 28.2 Å². The van der Waals surface area contributed by atoms with Crippen molar-refractivity contribution in [2.75, 3.05) is 0 Å². The molecule has 0 aromatic rings. The van der Waals surface area contributed by atoms with E-state index in [-0.39, 0.29) is 11.7 Å². The summed E-state index contributed by atoms with van der Waals surface area (Å²) in [7, 11) is 0. The van der Waals surface area contributed by atoms with E-state index in [4.69, 9.17) is 0 Å². The van der Waals surface area contributed by atoms with Gasteiger partial charge in [0.1, 0.15) is 6.10 Å². The molecule has 3 heteroatoms. The zero-order chi connectivity index (χ0) is 9.87. The summed E-state index contributed by atoms with van der Waals surface area (Å²) in [5.41, 5.74) is 0. The van der Waals surface area contributed by atoms with Crippen LogP contribution in [0.4, 0.5) is 0 Å². The van der Waals surface area contributed by atoms with Crippen LogP contribution in [0.15, 0.2) is 0 Å². The van der Waals surface area contributed by atoms with Crippen LogP contribution in [0.25, 0.3) is 0 Å². The van der Waals surface area contributed by atoms with Gasteiger partial charge in [-0.2, -0.15) is 0 Å². The van der Waals surface area contributed by atoms with E-state index in [1.807, 2.05) is 0 Å². The molecule has 3 nitrogen and oxygen atoms in total. The summed E-state index contributed by atoms with van der Waals surface area (Å²) >= 11 is 0. The number of hydrogen-bond donors (Lipinski definition) is 2. The van der Waals surface area contributed by atoms with E-state index < -0.39 is 12.2 Å². The summed E-state index contributed by atoms with van der Waals surface area (Å²) in [6.45, 7) is 0. The molecule has 0 amide bonds. The molecule has 2 N–H and O–H groups in total. The second-order valence-corrected chi connectivity index (χ2v) is 5.27. The van der Waals surface area contributed by atoms with Gasteiger partial charge >= 0.3 is 0 Å². The first-order chi connectivity index (χ1) is 6.66. The Hall–Kier alpha value is -0.410. The molecule has 4 unspecified atom stereocenters. The number of ketones is 1. The lowest BCUT2D eigenvalue weighted by atomic mass is 9.51. The van der Waals surface area contributed by atoms with Gasteiger partial charge < -0.3 is 10.2 Å². The van der Waals surface area contributed by atoms with E-state index in [9.17, 15) is 15.0 Å². The number of hydrogen-bond acceptors (Lipinski definition) is 3. The number of Topliss-reactive ketones (excluding diaryl/α,β-unsaturated/α-hetero) is 1. The van der Waals surface area contributed by atoms with E-state index in [2.05, 4.69) is 0 Å². The molecule has 4 rings (SSSR count). The highest BCUT2D eigenvalue weighted by molar-refractivity contribution is 5.84. The van der Waals surface area contributed by atoms with Gasteiger partial charge in [-0.1, -0.05) is 0 Å². The minimum atomic E-state index is -1.10. The predicted molar refractivity (Wildman–Crippen MR) is 49.4 cm³/mol. The van der Waals surface area contributed by atoms with Crippen molar-refractivity contribution < 1.29 is 15.0 Å². The van der Waals surface area contributed by atoms with Gasteiger partial charge in [-0.05, 0) is 42.9 Å². The Kier molecular flexibility index (Phi) is 1.77. The van der Waals surface area contributed by atoms with Crippen LogP contribution < -0.4 is 0 Å². The van der Waals surface area contributed by atoms with Crippen LogP contribution in [0.1, 0.15) is 25.7 Å². The highest BCUT2D eigenvalue weighted by Gasteiger charge is 2.53. The third-order valence-corrected chi connectivity index (χ3v) is 4.56. The molecule has 14 heavy (non-hydrogen) atoms. The van der Waals surface area contributed by atoms with E-state index in [1.165, 1.54) is 12.8 Å². The van der Waals surface area contributed by atoms with Gasteiger partial charge in [0.2, 0.25) is 0 Å². The number of aliphatic hydroxyl groups excluding tert-OH is 2. The molecule has 0 heterocycles. The normalized spacial score (nSPS) is 56.3. The van der Waals surface area contributed by atoms with Crippen molar-refractivity contribution in [2.24, 2.45) is 23.7 Å². The molecule has 4 aliphatic carbocycles. The fourth-order valence-electron chi connectivity index (χ4n) is 3.73. The Morgan fingerprint density at radius 1 is 1.07 bits per heavy atom. The fourth-order valence-corrected chi connectivity index (χ4v) is 3.73. The predicted octanol–water partition coefficient (Wildman–Crippen LogP) is 0.343. The average molecular weight is 196 g/mol. The number of rotatable bonds is 0. The van der Waals surface area contributed by atoms with Gasteiger partial charge in [-0.3, -0.25) is 4.79 Å². The lowest BCUT2D eigenvalue weighted by Gasteiger charge is -2.54. The molecule has 0 spiro atoms. The van der Waals surface area contributed by atoms with E-state index >= 15 is 0 Å². The van der Waals surface area contributed by atoms with Gasteiger partial charge in [0, 0.05) is 6.42 Å². The van der Waals surface area contributed by atoms with E-state index in [0.717, 1.165) is 12.3 Å². The summed E-state index contributed by atoms with van der Waals surface area (Å²) in [5.74, 6) is 1.83. The zero-order valence-corrected chi connectivity index (χ0v) is 8.10. The minimum Gasteiger partial charge on any atom is -0.390 e. The molecule has 0 radical (unpaired) electrons. The molecule has 2 bridgehead atoms. The summed E-state index contributed by atoms with van der Waals surface area (Å²) in [6, 6.07) is 0. The topological polar surface area (TPSA) is 57.5 Å². The fraction of sp³-hybridized carbons (Fsp3) is 0.909. The maximum Gasteiger partial charge on any atom is 0.164 e. The minimum absolute atomic E-state index is 0.149. The van der Waals surface area contributed by atoms with Gasteiger partial charge in [-0.25, -0.2) is 0 Å². The quantitative estimate of drug-likeness (QED) is 0.587. The second kappa shape index (κ2) is 2.80. The van der Waals surface area contributed by atoms with Gasteiger partial charge in [0.25, 0.3) is 0 Å². The van der Waals surface area contributed by atoms with Gasteiger partial charge in [0.15, 0.2) is 5.78 Å². The van der Waals surface area contributed by atoms with Crippen LogP contribution in [0.2, 0.25) is 0 Å². The Morgan fingerprint density at radius 3 is 2.50 bits per heavy atom. The van der Waals surface area contributed by atoms with Crippen LogP contribution >= 0.6 is 0 Å². The van der Waals surface area contributed by atoms with Crippen molar-refractivity contribution in [3.05, 3.63) is 0 Å². The Labute approximate surface area is 83.1 Å². The Balaban J connectivity index is 1.85. The first kappa shape index (κ1) is 8.86. The Morgan fingerprint density at radius 2 is 1.79 bits per heavy atom. The van der Waals surface area contributed by atoms with Crippen molar-refractivity contribution in [3.8, 4) is 0 Å². The van der Waals surface area contributed by atoms with Crippen LogP contribution in [0.5, 0.6) is 0 Å². The lowest BCUT2D eigenvalue weighted by Crippen LogP contribution is -2.56. The summed E-state index contributed by atoms with van der Waals surface area (Å²) in [5, 5.41) is 19.3. The average Bonchev–Trinajstić information content (AvgIpc) is 2.12. The lowest BCUT2D eigenvalue weighted by molar-refractivity contribution is -0.161. The van der Waals surface area contributed by atoms with E-state index in [1.54, 1.807) is 0 Å². The smallest absolute Gasteiger partial charge is 0.164 e. The third kappa shape index (κ3) is 1.03. The molecular formula is C11H16O3. The SMILES string of the molecule is O=C1CC2C3CC(C3)CC2C(O)C1O. The second-order valence-electron chi connectivity index (χ2n) is 5.27. The molecule has 4 aliphatic rings. The summed E-state index contributed by atoms with van der Waals surface area (Å²) in [4.78, 5) is 11.4. The molecule has 4 fully saturated rings. The van der Waals surface area contributed by atoms with Crippen molar-refractivity contribution in [1.29, 1.82) is 0 Å². The molecule has 4 atom stereocenters. The van der Waals surface area contributed by atoms with Crippen LogP contribution in [0, 0.1) is 23.7 Å². The van der Waals surface area contributed by atoms with Crippen molar-refractivity contribution >= 4 is 5.78 Å². The van der Waals surface area contributed by atoms with Crippen molar-refractivity contribution in [2.45, 2.75) is 37.9 Å².